The van der Waals surface area contributed by atoms with Gasteiger partial charge in [0.15, 0.2) is 0 Å². The average Bonchev–Trinajstić information content (AvgIpc) is 3.26. The first-order chi connectivity index (χ1) is 11.7. The van der Waals surface area contributed by atoms with Crippen molar-refractivity contribution in [1.29, 1.82) is 0 Å². The van der Waals surface area contributed by atoms with E-state index in [4.69, 9.17) is 5.73 Å². The monoisotopic (exact) mass is 333 g/mol. The van der Waals surface area contributed by atoms with Gasteiger partial charge in [-0.3, -0.25) is 19.6 Å². The van der Waals surface area contributed by atoms with Crippen molar-refractivity contribution in [3.63, 3.8) is 0 Å². The lowest BCUT2D eigenvalue weighted by Crippen LogP contribution is -2.63. The Morgan fingerprint density at radius 2 is 1.71 bits per heavy atom. The molecule has 5 nitrogen and oxygen atoms in total. The molecule has 136 valence electrons. The molecule has 2 N–H and O–H groups in total. The van der Waals surface area contributed by atoms with Gasteiger partial charge in [-0.15, -0.1) is 0 Å². The van der Waals surface area contributed by atoms with Gasteiger partial charge in [0, 0.05) is 57.4 Å². The summed E-state index contributed by atoms with van der Waals surface area (Å²) in [7, 11) is 2.33. The number of piperazine rings is 1. The molecule has 1 aliphatic carbocycles. The first kappa shape index (κ1) is 16.0. The Kier molecular flexibility index (Phi) is 4.14. The van der Waals surface area contributed by atoms with Crippen molar-refractivity contribution in [1.82, 2.24) is 19.6 Å². The van der Waals surface area contributed by atoms with Crippen LogP contribution in [-0.4, -0.2) is 96.8 Å². The lowest BCUT2D eigenvalue weighted by atomic mass is 9.87. The molecular weight excluding hydrogens is 298 g/mol. The highest BCUT2D eigenvalue weighted by Gasteiger charge is 2.50. The maximum Gasteiger partial charge on any atom is 0.0784 e. The van der Waals surface area contributed by atoms with Crippen LogP contribution in [0.25, 0.3) is 0 Å². The van der Waals surface area contributed by atoms with Crippen molar-refractivity contribution in [2.75, 3.05) is 52.9 Å². The summed E-state index contributed by atoms with van der Waals surface area (Å²) in [4.78, 5) is 11.1. The van der Waals surface area contributed by atoms with Crippen LogP contribution in [0.4, 0.5) is 0 Å². The molecule has 5 atom stereocenters. The second-order valence-corrected chi connectivity index (χ2v) is 9.15. The molecule has 5 aliphatic rings. The molecule has 5 rings (SSSR count). The Bertz CT molecular complexity index is 467. The van der Waals surface area contributed by atoms with Gasteiger partial charge in [0.05, 0.1) is 6.17 Å². The van der Waals surface area contributed by atoms with E-state index < -0.39 is 0 Å². The van der Waals surface area contributed by atoms with Crippen molar-refractivity contribution in [3.8, 4) is 0 Å². The molecule has 4 aliphatic heterocycles. The summed E-state index contributed by atoms with van der Waals surface area (Å²) < 4.78 is 0. The number of piperidine rings is 1. The maximum atomic E-state index is 6.09. The number of fused-ring (bicyclic) bond motifs is 2. The topological polar surface area (TPSA) is 39.0 Å². The molecule has 0 spiro atoms. The molecule has 5 fully saturated rings. The highest BCUT2D eigenvalue weighted by Crippen LogP contribution is 2.45. The van der Waals surface area contributed by atoms with E-state index in [2.05, 4.69) is 26.6 Å². The number of rotatable bonds is 3. The molecule has 0 aromatic heterocycles. The van der Waals surface area contributed by atoms with Gasteiger partial charge in [0.25, 0.3) is 0 Å². The molecule has 0 amide bonds. The van der Waals surface area contributed by atoms with Gasteiger partial charge in [0.2, 0.25) is 0 Å². The number of likely N-dealkylation sites (N-methyl/N-ethyl adjacent to an activating group) is 1. The van der Waals surface area contributed by atoms with Gasteiger partial charge in [-0.25, -0.2) is 0 Å². The third-order valence-corrected chi connectivity index (χ3v) is 7.82. The van der Waals surface area contributed by atoms with Crippen LogP contribution in [-0.2, 0) is 0 Å². The number of hydrogen-bond acceptors (Lipinski definition) is 5. The van der Waals surface area contributed by atoms with E-state index in [1.165, 1.54) is 71.4 Å². The first-order valence-corrected chi connectivity index (χ1v) is 10.4. The summed E-state index contributed by atoms with van der Waals surface area (Å²) in [6.45, 7) is 8.57. The van der Waals surface area contributed by atoms with E-state index in [9.17, 15) is 0 Å². The van der Waals surface area contributed by atoms with Gasteiger partial charge in [-0.05, 0) is 57.5 Å². The van der Waals surface area contributed by atoms with E-state index >= 15 is 0 Å². The Hall–Kier alpha value is -0.200. The molecule has 1 saturated carbocycles. The Morgan fingerprint density at radius 3 is 2.50 bits per heavy atom. The van der Waals surface area contributed by atoms with Crippen molar-refractivity contribution in [2.45, 2.75) is 56.4 Å². The standard InChI is InChI=1S/C19H35N5/c1-21-17(10-20)13-24-11-15(14-4-5-14)9-18(19(21)24)23-8-7-22-6-2-3-16(22)12-23/h14-19H,2-13,20H2,1H3. The zero-order valence-electron chi connectivity index (χ0n) is 15.3. The highest BCUT2D eigenvalue weighted by atomic mass is 15.5. The number of nitrogens with two attached hydrogens (primary N) is 1. The maximum absolute atomic E-state index is 6.09. The van der Waals surface area contributed by atoms with Crippen LogP contribution >= 0.6 is 0 Å². The molecule has 4 heterocycles. The molecular formula is C19H35N5. The van der Waals surface area contributed by atoms with Crippen molar-refractivity contribution >= 4 is 0 Å². The minimum absolute atomic E-state index is 0.559. The summed E-state index contributed by atoms with van der Waals surface area (Å²) in [5.74, 6) is 1.97. The fourth-order valence-electron chi connectivity index (χ4n) is 6.29. The van der Waals surface area contributed by atoms with Crippen LogP contribution in [0.3, 0.4) is 0 Å². The smallest absolute Gasteiger partial charge is 0.0784 e. The fraction of sp³-hybridized carbons (Fsp3) is 1.00. The quantitative estimate of drug-likeness (QED) is 0.813. The van der Waals surface area contributed by atoms with Crippen LogP contribution in [0.1, 0.15) is 32.1 Å². The summed E-state index contributed by atoms with van der Waals surface area (Å²) >= 11 is 0. The molecule has 5 heteroatoms. The second kappa shape index (κ2) is 6.20. The van der Waals surface area contributed by atoms with Gasteiger partial charge in [-0.2, -0.15) is 0 Å². The van der Waals surface area contributed by atoms with E-state index in [0.717, 1.165) is 30.5 Å². The predicted octanol–water partition coefficient (Wildman–Crippen LogP) is 0.466. The van der Waals surface area contributed by atoms with Crippen LogP contribution < -0.4 is 5.73 Å². The summed E-state index contributed by atoms with van der Waals surface area (Å²) in [5.41, 5.74) is 6.09. The van der Waals surface area contributed by atoms with Gasteiger partial charge >= 0.3 is 0 Å². The third kappa shape index (κ3) is 2.64. The van der Waals surface area contributed by atoms with Gasteiger partial charge in [0.1, 0.15) is 0 Å². The summed E-state index contributed by atoms with van der Waals surface area (Å²) in [6.07, 6.45) is 7.86. The molecule has 4 saturated heterocycles. The van der Waals surface area contributed by atoms with Crippen molar-refractivity contribution < 1.29 is 0 Å². The third-order valence-electron chi connectivity index (χ3n) is 7.82. The Labute approximate surface area is 147 Å². The lowest BCUT2D eigenvalue weighted by Gasteiger charge is -2.50. The Morgan fingerprint density at radius 1 is 0.875 bits per heavy atom. The van der Waals surface area contributed by atoms with Gasteiger partial charge < -0.3 is 5.73 Å². The van der Waals surface area contributed by atoms with Crippen LogP contribution in [0.2, 0.25) is 0 Å². The second-order valence-electron chi connectivity index (χ2n) is 9.15. The minimum atomic E-state index is 0.559. The SMILES string of the molecule is CN1C(CN)CN2CC(C3CC3)CC(N3CCN4CCCC4C3)C21. The van der Waals surface area contributed by atoms with E-state index in [0.29, 0.717) is 12.2 Å². The highest BCUT2D eigenvalue weighted by molar-refractivity contribution is 5.04. The van der Waals surface area contributed by atoms with E-state index in [1.807, 2.05) is 0 Å². The fourth-order valence-corrected chi connectivity index (χ4v) is 6.29. The largest absolute Gasteiger partial charge is 0.329 e. The van der Waals surface area contributed by atoms with E-state index in [-0.39, 0.29) is 0 Å². The first-order valence-electron chi connectivity index (χ1n) is 10.4. The van der Waals surface area contributed by atoms with E-state index in [1.54, 1.807) is 0 Å². The normalized spacial score (nSPS) is 45.5. The van der Waals surface area contributed by atoms with Crippen molar-refractivity contribution in [2.24, 2.45) is 17.6 Å². The summed E-state index contributed by atoms with van der Waals surface area (Å²) in [6, 6.07) is 2.13. The zero-order valence-corrected chi connectivity index (χ0v) is 15.3. The zero-order chi connectivity index (χ0) is 16.3. The molecule has 5 unspecified atom stereocenters. The number of nitrogens with zero attached hydrogens (tertiary/aromatic N) is 4. The lowest BCUT2D eigenvalue weighted by molar-refractivity contribution is -0.0420. The minimum Gasteiger partial charge on any atom is -0.329 e. The average molecular weight is 334 g/mol. The summed E-state index contributed by atoms with van der Waals surface area (Å²) in [5, 5.41) is 0. The molecule has 0 aromatic carbocycles. The molecule has 24 heavy (non-hydrogen) atoms. The van der Waals surface area contributed by atoms with Gasteiger partial charge in [-0.1, -0.05) is 0 Å². The molecule has 0 aromatic rings. The predicted molar refractivity (Wildman–Crippen MR) is 96.8 cm³/mol. The van der Waals surface area contributed by atoms with Crippen molar-refractivity contribution in [3.05, 3.63) is 0 Å². The molecule has 0 radical (unpaired) electrons. The van der Waals surface area contributed by atoms with Crippen LogP contribution in [0.5, 0.6) is 0 Å². The Balaban J connectivity index is 1.37. The number of hydrogen-bond donors (Lipinski definition) is 1. The van der Waals surface area contributed by atoms with Crippen LogP contribution in [0.15, 0.2) is 0 Å². The molecule has 0 bridgehead atoms. The van der Waals surface area contributed by atoms with Crippen LogP contribution in [0, 0.1) is 11.8 Å².